The van der Waals surface area contributed by atoms with E-state index in [0.717, 1.165) is 35.7 Å². The second kappa shape index (κ2) is 9.55. The van der Waals surface area contributed by atoms with Crippen LogP contribution >= 0.6 is 0 Å². The first-order chi connectivity index (χ1) is 13.6. The fraction of sp³-hybridized carbons (Fsp3) is 0.455. The molecule has 0 spiro atoms. The van der Waals surface area contributed by atoms with Crippen LogP contribution in [0.1, 0.15) is 43.9 Å². The number of benzene rings is 1. The van der Waals surface area contributed by atoms with Crippen LogP contribution in [0.2, 0.25) is 0 Å². The zero-order valence-electron chi connectivity index (χ0n) is 16.5. The Kier molecular flexibility index (Phi) is 6.87. The van der Waals surface area contributed by atoms with E-state index in [1.165, 1.54) is 0 Å². The topological polar surface area (TPSA) is 71.9 Å². The SMILES string of the molecule is CCOc1ccc(C(c2cccnc2)N2CCC(C(=O)O)CC2)cc1OCC. The first-order valence-electron chi connectivity index (χ1n) is 9.90. The van der Waals surface area contributed by atoms with Gasteiger partial charge < -0.3 is 14.6 Å². The largest absolute Gasteiger partial charge is 0.490 e. The molecule has 1 aromatic heterocycles. The molecule has 1 saturated heterocycles. The molecule has 2 heterocycles. The Morgan fingerprint density at radius 3 is 2.46 bits per heavy atom. The quantitative estimate of drug-likeness (QED) is 0.747. The Morgan fingerprint density at radius 2 is 1.86 bits per heavy atom. The van der Waals surface area contributed by atoms with Gasteiger partial charge in [0.05, 0.1) is 25.2 Å². The van der Waals surface area contributed by atoms with Crippen molar-refractivity contribution in [2.24, 2.45) is 5.92 Å². The predicted molar refractivity (Wildman–Crippen MR) is 107 cm³/mol. The maximum Gasteiger partial charge on any atom is 0.306 e. The molecule has 150 valence electrons. The Labute approximate surface area is 166 Å². The van der Waals surface area contributed by atoms with Gasteiger partial charge in [-0.05, 0) is 69.1 Å². The summed E-state index contributed by atoms with van der Waals surface area (Å²) < 4.78 is 11.5. The van der Waals surface area contributed by atoms with Gasteiger partial charge in [0, 0.05) is 12.4 Å². The molecule has 1 N–H and O–H groups in total. The molecule has 0 radical (unpaired) electrons. The van der Waals surface area contributed by atoms with E-state index in [2.05, 4.69) is 22.0 Å². The number of aliphatic carboxylic acids is 1. The van der Waals surface area contributed by atoms with E-state index in [9.17, 15) is 9.90 Å². The molecule has 1 aliphatic rings. The average Bonchev–Trinajstić information content (AvgIpc) is 2.71. The zero-order chi connectivity index (χ0) is 19.9. The van der Waals surface area contributed by atoms with Crippen molar-refractivity contribution in [3.05, 3.63) is 53.9 Å². The highest BCUT2D eigenvalue weighted by Crippen LogP contribution is 2.37. The minimum Gasteiger partial charge on any atom is -0.490 e. The van der Waals surface area contributed by atoms with E-state index < -0.39 is 5.97 Å². The van der Waals surface area contributed by atoms with E-state index in [0.29, 0.717) is 26.1 Å². The number of rotatable bonds is 8. The van der Waals surface area contributed by atoms with Crippen molar-refractivity contribution in [3.8, 4) is 11.5 Å². The van der Waals surface area contributed by atoms with Crippen LogP contribution in [0.4, 0.5) is 0 Å². The molecular weight excluding hydrogens is 356 g/mol. The number of nitrogens with zero attached hydrogens (tertiary/aromatic N) is 2. The van der Waals surface area contributed by atoms with Crippen molar-refractivity contribution in [1.82, 2.24) is 9.88 Å². The molecule has 1 aromatic carbocycles. The molecule has 1 aliphatic heterocycles. The minimum absolute atomic E-state index is 0.00155. The highest BCUT2D eigenvalue weighted by atomic mass is 16.5. The number of carboxylic acids is 1. The van der Waals surface area contributed by atoms with Gasteiger partial charge in [-0.2, -0.15) is 0 Å². The smallest absolute Gasteiger partial charge is 0.306 e. The lowest BCUT2D eigenvalue weighted by atomic mass is 9.92. The highest BCUT2D eigenvalue weighted by molar-refractivity contribution is 5.70. The Morgan fingerprint density at radius 1 is 1.14 bits per heavy atom. The van der Waals surface area contributed by atoms with E-state index in [1.807, 2.05) is 38.2 Å². The highest BCUT2D eigenvalue weighted by Gasteiger charge is 2.30. The van der Waals surface area contributed by atoms with Gasteiger partial charge in [0.1, 0.15) is 0 Å². The lowest BCUT2D eigenvalue weighted by molar-refractivity contribution is -0.143. The number of hydrogen-bond donors (Lipinski definition) is 1. The Hall–Kier alpha value is -2.60. The van der Waals surface area contributed by atoms with E-state index in [-0.39, 0.29) is 12.0 Å². The number of pyridine rings is 1. The summed E-state index contributed by atoms with van der Waals surface area (Å²) in [5.41, 5.74) is 2.18. The van der Waals surface area contributed by atoms with Gasteiger partial charge in [-0.15, -0.1) is 0 Å². The number of carboxylic acid groups (broad SMARTS) is 1. The summed E-state index contributed by atoms with van der Waals surface area (Å²) in [6.45, 7) is 6.51. The van der Waals surface area contributed by atoms with Crippen LogP contribution in [0.3, 0.4) is 0 Å². The fourth-order valence-corrected chi connectivity index (χ4v) is 3.79. The van der Waals surface area contributed by atoms with Crippen LogP contribution in [0.25, 0.3) is 0 Å². The minimum atomic E-state index is -0.697. The number of aromatic nitrogens is 1. The molecule has 0 amide bonds. The molecule has 6 heteroatoms. The number of hydrogen-bond acceptors (Lipinski definition) is 5. The normalized spacial score (nSPS) is 16.5. The van der Waals surface area contributed by atoms with Gasteiger partial charge in [0.15, 0.2) is 11.5 Å². The van der Waals surface area contributed by atoms with Crippen LogP contribution in [-0.2, 0) is 4.79 Å². The molecule has 1 unspecified atom stereocenters. The van der Waals surface area contributed by atoms with Gasteiger partial charge in [-0.25, -0.2) is 0 Å². The van der Waals surface area contributed by atoms with Gasteiger partial charge in [0.2, 0.25) is 0 Å². The zero-order valence-corrected chi connectivity index (χ0v) is 16.5. The first kappa shape index (κ1) is 20.1. The van der Waals surface area contributed by atoms with Crippen molar-refractivity contribution in [3.63, 3.8) is 0 Å². The number of ether oxygens (including phenoxy) is 2. The van der Waals surface area contributed by atoms with Crippen molar-refractivity contribution < 1.29 is 19.4 Å². The summed E-state index contributed by atoms with van der Waals surface area (Å²) in [5, 5.41) is 9.31. The molecule has 6 nitrogen and oxygen atoms in total. The average molecular weight is 384 g/mol. The van der Waals surface area contributed by atoms with Crippen LogP contribution < -0.4 is 9.47 Å². The summed E-state index contributed by atoms with van der Waals surface area (Å²) >= 11 is 0. The van der Waals surface area contributed by atoms with Crippen LogP contribution in [0.5, 0.6) is 11.5 Å². The van der Waals surface area contributed by atoms with Crippen molar-refractivity contribution >= 4 is 5.97 Å². The third-order valence-electron chi connectivity index (χ3n) is 5.13. The molecular formula is C22H28N2O4. The maximum atomic E-state index is 11.3. The number of piperidine rings is 1. The van der Waals surface area contributed by atoms with Gasteiger partial charge in [-0.3, -0.25) is 14.7 Å². The van der Waals surface area contributed by atoms with Crippen LogP contribution in [0.15, 0.2) is 42.7 Å². The fourth-order valence-electron chi connectivity index (χ4n) is 3.79. The predicted octanol–water partition coefficient (Wildman–Crippen LogP) is 3.77. The molecule has 3 rings (SSSR count). The summed E-state index contributed by atoms with van der Waals surface area (Å²) in [6.07, 6.45) is 4.95. The number of likely N-dealkylation sites (tertiary alicyclic amines) is 1. The van der Waals surface area contributed by atoms with E-state index in [1.54, 1.807) is 6.20 Å². The second-order valence-electron chi connectivity index (χ2n) is 6.91. The third kappa shape index (κ3) is 4.62. The van der Waals surface area contributed by atoms with Crippen LogP contribution in [0, 0.1) is 5.92 Å². The second-order valence-corrected chi connectivity index (χ2v) is 6.91. The van der Waals surface area contributed by atoms with Crippen molar-refractivity contribution in [2.45, 2.75) is 32.7 Å². The summed E-state index contributed by atoms with van der Waals surface area (Å²) in [4.78, 5) is 18.0. The summed E-state index contributed by atoms with van der Waals surface area (Å²) in [7, 11) is 0. The first-order valence-corrected chi connectivity index (χ1v) is 9.90. The maximum absolute atomic E-state index is 11.3. The standard InChI is InChI=1S/C22H28N2O4/c1-3-27-19-8-7-17(14-20(19)28-4-2)21(18-6-5-11-23-15-18)24-12-9-16(10-13-24)22(25)26/h5-8,11,14-16,21H,3-4,9-10,12-13H2,1-2H3,(H,25,26). The number of carbonyl (C=O) groups is 1. The lowest BCUT2D eigenvalue weighted by Crippen LogP contribution is -2.39. The van der Waals surface area contributed by atoms with E-state index in [4.69, 9.17) is 9.47 Å². The molecule has 1 atom stereocenters. The van der Waals surface area contributed by atoms with Gasteiger partial charge in [-0.1, -0.05) is 12.1 Å². The van der Waals surface area contributed by atoms with Crippen molar-refractivity contribution in [2.75, 3.05) is 26.3 Å². The molecule has 1 fully saturated rings. The van der Waals surface area contributed by atoms with E-state index >= 15 is 0 Å². The Balaban J connectivity index is 1.94. The third-order valence-corrected chi connectivity index (χ3v) is 5.13. The summed E-state index contributed by atoms with van der Waals surface area (Å²) in [5.74, 6) is 0.515. The van der Waals surface area contributed by atoms with Gasteiger partial charge >= 0.3 is 5.97 Å². The Bertz CT molecular complexity index is 773. The van der Waals surface area contributed by atoms with Gasteiger partial charge in [0.25, 0.3) is 0 Å². The molecule has 0 aliphatic carbocycles. The molecule has 0 bridgehead atoms. The van der Waals surface area contributed by atoms with Crippen LogP contribution in [-0.4, -0.2) is 47.3 Å². The lowest BCUT2D eigenvalue weighted by Gasteiger charge is -2.37. The molecule has 0 saturated carbocycles. The molecule has 2 aromatic rings. The van der Waals surface area contributed by atoms with Crippen molar-refractivity contribution in [1.29, 1.82) is 0 Å². The summed E-state index contributed by atoms with van der Waals surface area (Å²) in [6, 6.07) is 10.1. The molecule has 28 heavy (non-hydrogen) atoms. The monoisotopic (exact) mass is 384 g/mol.